The Morgan fingerprint density at radius 2 is 1.62 bits per heavy atom. The molecule has 0 aromatic carbocycles. The minimum Gasteiger partial charge on any atom is -0.339 e. The smallest absolute Gasteiger partial charge is 0.254 e. The van der Waals surface area contributed by atoms with Gasteiger partial charge in [-0.2, -0.15) is 4.31 Å². The lowest BCUT2D eigenvalue weighted by Crippen LogP contribution is -2.48. The highest BCUT2D eigenvalue weighted by Gasteiger charge is 2.33. The molecule has 3 saturated heterocycles. The highest BCUT2D eigenvalue weighted by atomic mass is 32.2. The summed E-state index contributed by atoms with van der Waals surface area (Å²) in [6, 6.07) is 2.11. The molecule has 6 nitrogen and oxygen atoms in total. The first-order valence-corrected chi connectivity index (χ1v) is 13.4. The van der Waals surface area contributed by atoms with Crippen molar-refractivity contribution in [2.45, 2.75) is 62.1 Å². The molecule has 4 heterocycles. The molecule has 0 aliphatic carbocycles. The second-order valence-corrected chi connectivity index (χ2v) is 11.9. The van der Waals surface area contributed by atoms with Crippen LogP contribution in [0.2, 0.25) is 0 Å². The first-order valence-electron chi connectivity index (χ1n) is 11.1. The van der Waals surface area contributed by atoms with E-state index in [0.29, 0.717) is 34.8 Å². The van der Waals surface area contributed by atoms with E-state index in [4.69, 9.17) is 0 Å². The number of carbonyl (C=O) groups is 1. The number of rotatable bonds is 4. The third kappa shape index (κ3) is 4.70. The van der Waals surface area contributed by atoms with Gasteiger partial charge in [-0.15, -0.1) is 11.3 Å². The summed E-state index contributed by atoms with van der Waals surface area (Å²) in [7, 11) is -3.51. The van der Waals surface area contributed by atoms with Crippen LogP contribution in [0, 0.1) is 5.92 Å². The van der Waals surface area contributed by atoms with Gasteiger partial charge in [-0.1, -0.05) is 13.3 Å². The summed E-state index contributed by atoms with van der Waals surface area (Å²) in [6.45, 7) is 7.21. The van der Waals surface area contributed by atoms with Crippen molar-refractivity contribution in [3.05, 3.63) is 17.0 Å². The minimum absolute atomic E-state index is 0.0293. The van der Waals surface area contributed by atoms with Gasteiger partial charge in [0.1, 0.15) is 4.21 Å². The summed E-state index contributed by atoms with van der Waals surface area (Å²) in [5, 5.41) is 1.72. The third-order valence-electron chi connectivity index (χ3n) is 6.82. The fraction of sp³-hybridized carbons (Fsp3) is 0.762. The van der Waals surface area contributed by atoms with Crippen LogP contribution in [-0.2, 0) is 10.0 Å². The van der Waals surface area contributed by atoms with Gasteiger partial charge < -0.3 is 9.80 Å². The van der Waals surface area contributed by atoms with Gasteiger partial charge in [0.05, 0.1) is 5.56 Å². The Bertz CT molecular complexity index is 801. The Morgan fingerprint density at radius 1 is 0.966 bits per heavy atom. The van der Waals surface area contributed by atoms with E-state index in [2.05, 4.69) is 11.8 Å². The van der Waals surface area contributed by atoms with Crippen LogP contribution in [0.3, 0.4) is 0 Å². The van der Waals surface area contributed by atoms with Crippen LogP contribution in [0.15, 0.2) is 15.7 Å². The van der Waals surface area contributed by atoms with E-state index in [9.17, 15) is 13.2 Å². The molecule has 0 saturated carbocycles. The number of hydrogen-bond donors (Lipinski definition) is 0. The second kappa shape index (κ2) is 9.04. The highest BCUT2D eigenvalue weighted by Crippen LogP contribution is 2.29. The van der Waals surface area contributed by atoms with Crippen molar-refractivity contribution in [3.8, 4) is 0 Å². The minimum atomic E-state index is -3.51. The number of amides is 1. The van der Waals surface area contributed by atoms with Crippen LogP contribution in [0.25, 0.3) is 0 Å². The maximum absolute atomic E-state index is 13.1. The maximum atomic E-state index is 13.1. The summed E-state index contributed by atoms with van der Waals surface area (Å²) >= 11 is 1.18. The highest BCUT2D eigenvalue weighted by molar-refractivity contribution is 7.91. The Morgan fingerprint density at radius 3 is 2.28 bits per heavy atom. The van der Waals surface area contributed by atoms with Crippen LogP contribution in [-0.4, -0.2) is 73.7 Å². The van der Waals surface area contributed by atoms with E-state index >= 15 is 0 Å². The number of piperidine rings is 3. The van der Waals surface area contributed by atoms with Crippen molar-refractivity contribution >= 4 is 27.3 Å². The molecule has 1 aromatic rings. The van der Waals surface area contributed by atoms with Gasteiger partial charge >= 0.3 is 0 Å². The summed E-state index contributed by atoms with van der Waals surface area (Å²) in [4.78, 5) is 17.2. The molecule has 0 bridgehead atoms. The van der Waals surface area contributed by atoms with Crippen molar-refractivity contribution < 1.29 is 13.2 Å². The van der Waals surface area contributed by atoms with E-state index in [1.807, 2.05) is 4.90 Å². The van der Waals surface area contributed by atoms with Gasteiger partial charge in [-0.25, -0.2) is 8.42 Å². The molecule has 1 aromatic heterocycles. The van der Waals surface area contributed by atoms with Gasteiger partial charge in [-0.3, -0.25) is 4.79 Å². The number of likely N-dealkylation sites (tertiary alicyclic amines) is 2. The van der Waals surface area contributed by atoms with Crippen molar-refractivity contribution in [2.24, 2.45) is 5.92 Å². The van der Waals surface area contributed by atoms with Gasteiger partial charge in [0, 0.05) is 37.6 Å². The number of carbonyl (C=O) groups excluding carboxylic acids is 1. The van der Waals surface area contributed by atoms with Crippen LogP contribution in [0.5, 0.6) is 0 Å². The SMILES string of the molecule is CC1CCN(C(=O)c2csc(S(=O)(=O)N3CCC(N4CCCCC4)CC3)c2)CC1. The van der Waals surface area contributed by atoms with E-state index in [1.54, 1.807) is 15.8 Å². The van der Waals surface area contributed by atoms with E-state index < -0.39 is 10.0 Å². The maximum Gasteiger partial charge on any atom is 0.254 e. The lowest BCUT2D eigenvalue weighted by molar-refractivity contribution is 0.0697. The molecule has 0 spiro atoms. The van der Waals surface area contributed by atoms with E-state index in [0.717, 1.165) is 51.9 Å². The van der Waals surface area contributed by atoms with Crippen molar-refractivity contribution in [1.29, 1.82) is 0 Å². The average molecular weight is 440 g/mol. The molecule has 8 heteroatoms. The molecule has 0 unspecified atom stereocenters. The quantitative estimate of drug-likeness (QED) is 0.723. The second-order valence-electron chi connectivity index (χ2n) is 8.86. The molecule has 3 fully saturated rings. The predicted molar refractivity (Wildman–Crippen MR) is 116 cm³/mol. The first kappa shape index (κ1) is 21.3. The molecule has 4 rings (SSSR count). The number of sulfonamides is 1. The molecule has 0 N–H and O–H groups in total. The van der Waals surface area contributed by atoms with Gasteiger partial charge in [0.2, 0.25) is 0 Å². The van der Waals surface area contributed by atoms with Crippen LogP contribution < -0.4 is 0 Å². The number of nitrogens with zero attached hydrogens (tertiary/aromatic N) is 3. The lowest BCUT2D eigenvalue weighted by atomic mass is 9.99. The molecule has 1 amide bonds. The van der Waals surface area contributed by atoms with Gasteiger partial charge in [0.15, 0.2) is 0 Å². The zero-order valence-corrected chi connectivity index (χ0v) is 19.0. The number of thiophene rings is 1. The van der Waals surface area contributed by atoms with Crippen LogP contribution in [0.4, 0.5) is 0 Å². The zero-order valence-electron chi connectivity index (χ0n) is 17.4. The fourth-order valence-electron chi connectivity index (χ4n) is 4.82. The topological polar surface area (TPSA) is 60.9 Å². The molecule has 0 radical (unpaired) electrons. The molecule has 0 atom stereocenters. The van der Waals surface area contributed by atoms with Crippen molar-refractivity contribution in [3.63, 3.8) is 0 Å². The van der Waals surface area contributed by atoms with Crippen LogP contribution >= 0.6 is 11.3 Å². The molecule has 162 valence electrons. The Kier molecular flexibility index (Phi) is 6.63. The zero-order chi connectivity index (χ0) is 20.4. The van der Waals surface area contributed by atoms with Crippen molar-refractivity contribution in [2.75, 3.05) is 39.3 Å². The normalized spacial score (nSPS) is 24.1. The Balaban J connectivity index is 1.37. The number of hydrogen-bond acceptors (Lipinski definition) is 5. The Hall–Kier alpha value is -0.960. The summed E-state index contributed by atoms with van der Waals surface area (Å²) in [6.07, 6.45) is 7.70. The molecule has 29 heavy (non-hydrogen) atoms. The van der Waals surface area contributed by atoms with Crippen LogP contribution in [0.1, 0.15) is 62.2 Å². The largest absolute Gasteiger partial charge is 0.339 e. The molecule has 3 aliphatic rings. The van der Waals surface area contributed by atoms with Crippen molar-refractivity contribution in [1.82, 2.24) is 14.1 Å². The molecule has 3 aliphatic heterocycles. The molecular weight excluding hydrogens is 406 g/mol. The fourth-order valence-corrected chi connectivity index (χ4v) is 7.59. The monoisotopic (exact) mass is 439 g/mol. The Labute approximate surface area is 178 Å². The average Bonchev–Trinajstić information content (AvgIpc) is 3.26. The lowest BCUT2D eigenvalue weighted by Gasteiger charge is -2.39. The van der Waals surface area contributed by atoms with E-state index in [-0.39, 0.29) is 5.91 Å². The first-order chi connectivity index (χ1) is 13.9. The standard InChI is InChI=1S/C21H33N3O3S2/c1-17-5-11-23(12-6-17)21(25)18-15-20(28-16-18)29(26,27)24-13-7-19(8-14-24)22-9-3-2-4-10-22/h15-17,19H,2-14H2,1H3. The molecular formula is C21H33N3O3S2. The summed E-state index contributed by atoms with van der Waals surface area (Å²) in [5.41, 5.74) is 0.520. The van der Waals surface area contributed by atoms with E-state index in [1.165, 1.54) is 30.6 Å². The summed E-state index contributed by atoms with van der Waals surface area (Å²) < 4.78 is 28.2. The summed E-state index contributed by atoms with van der Waals surface area (Å²) in [5.74, 6) is 0.628. The third-order valence-corrected chi connectivity index (χ3v) is 10.1. The van der Waals surface area contributed by atoms with Gasteiger partial charge in [-0.05, 0) is 63.6 Å². The predicted octanol–water partition coefficient (Wildman–Crippen LogP) is 3.26. The van der Waals surface area contributed by atoms with Gasteiger partial charge in [0.25, 0.3) is 15.9 Å².